The molecule has 0 fully saturated rings. The Kier molecular flexibility index (Phi) is 4.20. The van der Waals surface area contributed by atoms with Gasteiger partial charge in [-0.15, -0.1) is 0 Å². The maximum Gasteiger partial charge on any atom is 0.241 e. The lowest BCUT2D eigenvalue weighted by molar-refractivity contribution is 0.467. The number of hydrogen-bond donors (Lipinski definition) is 3. The third kappa shape index (κ3) is 3.53. The first-order chi connectivity index (χ1) is 9.79. The highest BCUT2D eigenvalue weighted by molar-refractivity contribution is 7.89. The second-order valence-electron chi connectivity index (χ2n) is 4.98. The number of aryl methyl sites for hydroxylation is 2. The molecule has 0 aliphatic carbocycles. The lowest BCUT2D eigenvalue weighted by Gasteiger charge is -2.11. The van der Waals surface area contributed by atoms with Gasteiger partial charge in [-0.25, -0.2) is 13.1 Å². The lowest BCUT2D eigenvalue weighted by atomic mass is 10.2. The zero-order valence-electron chi connectivity index (χ0n) is 11.9. The number of phenolic OH excluding ortho intramolecular Hbond substituents is 1. The first kappa shape index (κ1) is 15.3. The van der Waals surface area contributed by atoms with Crippen molar-refractivity contribution in [2.45, 2.75) is 25.3 Å². The second kappa shape index (κ2) is 5.75. The normalized spacial score (nSPS) is 11.5. The Morgan fingerprint density at radius 2 is 1.86 bits per heavy atom. The molecule has 2 rings (SSSR count). The third-order valence-corrected chi connectivity index (χ3v) is 4.74. The molecule has 0 bridgehead atoms. The number of rotatable bonds is 4. The number of aromatic hydroxyl groups is 1. The molecule has 0 aromatic heterocycles. The molecular formula is C15H18N2O3S. The Labute approximate surface area is 124 Å². The first-order valence-electron chi connectivity index (χ1n) is 6.44. The number of nitrogens with one attached hydrogen (secondary N) is 1. The minimum atomic E-state index is -3.64. The number of anilines is 1. The minimum absolute atomic E-state index is 0.00697. The van der Waals surface area contributed by atoms with Crippen molar-refractivity contribution in [3.05, 3.63) is 53.1 Å². The second-order valence-corrected chi connectivity index (χ2v) is 6.72. The molecule has 0 aliphatic rings. The molecule has 2 aromatic rings. The van der Waals surface area contributed by atoms with E-state index >= 15 is 0 Å². The zero-order chi connectivity index (χ0) is 15.6. The van der Waals surface area contributed by atoms with Gasteiger partial charge in [-0.1, -0.05) is 17.7 Å². The first-order valence-corrected chi connectivity index (χ1v) is 7.92. The highest BCUT2D eigenvalue weighted by Gasteiger charge is 2.17. The molecule has 0 heterocycles. The van der Waals surface area contributed by atoms with Crippen LogP contribution in [0.1, 0.15) is 16.7 Å². The van der Waals surface area contributed by atoms with Crippen molar-refractivity contribution in [3.8, 4) is 5.75 Å². The molecule has 2 aromatic carbocycles. The van der Waals surface area contributed by atoms with E-state index < -0.39 is 10.0 Å². The van der Waals surface area contributed by atoms with Crippen LogP contribution in [0.25, 0.3) is 0 Å². The Hall–Kier alpha value is -2.05. The molecule has 0 atom stereocenters. The standard InChI is InChI=1S/C15H18N2O3S/c1-10-3-6-15(11(2)7-10)21(19,20)17-9-12-8-13(16)4-5-14(12)18/h3-8,17-18H,9,16H2,1-2H3. The number of nitrogens with two attached hydrogens (primary N) is 1. The fourth-order valence-electron chi connectivity index (χ4n) is 2.10. The molecule has 5 nitrogen and oxygen atoms in total. The van der Waals surface area contributed by atoms with E-state index in [1.807, 2.05) is 13.0 Å². The monoisotopic (exact) mass is 306 g/mol. The summed E-state index contributed by atoms with van der Waals surface area (Å²) in [5.41, 5.74) is 8.21. The molecule has 0 saturated heterocycles. The van der Waals surface area contributed by atoms with Gasteiger partial charge in [-0.2, -0.15) is 0 Å². The van der Waals surface area contributed by atoms with Crippen LogP contribution in [0.3, 0.4) is 0 Å². The summed E-state index contributed by atoms with van der Waals surface area (Å²) < 4.78 is 27.1. The molecule has 4 N–H and O–H groups in total. The van der Waals surface area contributed by atoms with E-state index in [9.17, 15) is 13.5 Å². The molecule has 112 valence electrons. The molecule has 0 aliphatic heterocycles. The van der Waals surface area contributed by atoms with Crippen LogP contribution in [-0.2, 0) is 16.6 Å². The van der Waals surface area contributed by atoms with Crippen LogP contribution in [0, 0.1) is 13.8 Å². The smallest absolute Gasteiger partial charge is 0.241 e. The van der Waals surface area contributed by atoms with Crippen LogP contribution in [-0.4, -0.2) is 13.5 Å². The fourth-order valence-corrected chi connectivity index (χ4v) is 3.33. The van der Waals surface area contributed by atoms with Crippen LogP contribution in [0.15, 0.2) is 41.3 Å². The number of sulfonamides is 1. The van der Waals surface area contributed by atoms with Gasteiger partial charge in [0, 0.05) is 17.8 Å². The van der Waals surface area contributed by atoms with E-state index in [1.54, 1.807) is 31.2 Å². The maximum atomic E-state index is 12.3. The van der Waals surface area contributed by atoms with Crippen molar-refractivity contribution in [1.29, 1.82) is 0 Å². The molecule has 6 heteroatoms. The SMILES string of the molecule is Cc1ccc(S(=O)(=O)NCc2cc(N)ccc2O)c(C)c1. The van der Waals surface area contributed by atoms with Crippen molar-refractivity contribution in [2.24, 2.45) is 0 Å². The van der Waals surface area contributed by atoms with E-state index in [1.165, 1.54) is 6.07 Å². The summed E-state index contributed by atoms with van der Waals surface area (Å²) in [4.78, 5) is 0.233. The molecule has 0 unspecified atom stereocenters. The van der Waals surface area contributed by atoms with Gasteiger partial charge in [0.25, 0.3) is 0 Å². The van der Waals surface area contributed by atoms with Gasteiger partial charge in [0.2, 0.25) is 10.0 Å². The quantitative estimate of drug-likeness (QED) is 0.595. The van der Waals surface area contributed by atoms with Crippen LogP contribution in [0.4, 0.5) is 5.69 Å². The fraction of sp³-hybridized carbons (Fsp3) is 0.200. The Bertz CT molecular complexity index is 770. The van der Waals surface area contributed by atoms with Gasteiger partial charge < -0.3 is 10.8 Å². The zero-order valence-corrected chi connectivity index (χ0v) is 12.7. The van der Waals surface area contributed by atoms with Crippen molar-refractivity contribution in [2.75, 3.05) is 5.73 Å². The number of benzene rings is 2. The van der Waals surface area contributed by atoms with Crippen LogP contribution >= 0.6 is 0 Å². The van der Waals surface area contributed by atoms with E-state index in [2.05, 4.69) is 4.72 Å². The lowest BCUT2D eigenvalue weighted by Crippen LogP contribution is -2.24. The molecule has 0 spiro atoms. The molecular weight excluding hydrogens is 288 g/mol. The number of nitrogen functional groups attached to an aromatic ring is 1. The largest absolute Gasteiger partial charge is 0.508 e. The predicted molar refractivity (Wildman–Crippen MR) is 82.5 cm³/mol. The summed E-state index contributed by atoms with van der Waals surface area (Å²) in [7, 11) is -3.64. The summed E-state index contributed by atoms with van der Waals surface area (Å²) >= 11 is 0. The number of hydrogen-bond acceptors (Lipinski definition) is 4. The summed E-state index contributed by atoms with van der Waals surface area (Å²) in [6.07, 6.45) is 0. The van der Waals surface area contributed by atoms with E-state index in [4.69, 9.17) is 5.73 Å². The van der Waals surface area contributed by atoms with Crippen molar-refractivity contribution in [3.63, 3.8) is 0 Å². The Morgan fingerprint density at radius 3 is 2.52 bits per heavy atom. The summed E-state index contributed by atoms with van der Waals surface area (Å²) in [5.74, 6) is 0.00697. The Morgan fingerprint density at radius 1 is 1.14 bits per heavy atom. The van der Waals surface area contributed by atoms with Gasteiger partial charge in [-0.05, 0) is 43.7 Å². The minimum Gasteiger partial charge on any atom is -0.508 e. The van der Waals surface area contributed by atoms with Gasteiger partial charge in [0.05, 0.1) is 4.90 Å². The van der Waals surface area contributed by atoms with E-state index in [-0.39, 0.29) is 17.2 Å². The molecule has 21 heavy (non-hydrogen) atoms. The van der Waals surface area contributed by atoms with Crippen molar-refractivity contribution < 1.29 is 13.5 Å². The average Bonchev–Trinajstić information content (AvgIpc) is 2.39. The average molecular weight is 306 g/mol. The van der Waals surface area contributed by atoms with Gasteiger partial charge in [0.1, 0.15) is 5.75 Å². The summed E-state index contributed by atoms with van der Waals surface area (Å²) in [6.45, 7) is 3.63. The van der Waals surface area contributed by atoms with Gasteiger partial charge >= 0.3 is 0 Å². The predicted octanol–water partition coefficient (Wildman–Crippen LogP) is 2.07. The van der Waals surface area contributed by atoms with Crippen LogP contribution in [0.2, 0.25) is 0 Å². The summed E-state index contributed by atoms with van der Waals surface area (Å²) in [6, 6.07) is 9.67. The highest BCUT2D eigenvalue weighted by Crippen LogP contribution is 2.21. The third-order valence-electron chi connectivity index (χ3n) is 3.18. The topological polar surface area (TPSA) is 92.4 Å². The van der Waals surface area contributed by atoms with Crippen LogP contribution in [0.5, 0.6) is 5.75 Å². The number of phenols is 1. The molecule has 0 radical (unpaired) electrons. The molecule has 0 amide bonds. The maximum absolute atomic E-state index is 12.3. The Balaban J connectivity index is 2.24. The van der Waals surface area contributed by atoms with E-state index in [0.717, 1.165) is 5.56 Å². The van der Waals surface area contributed by atoms with E-state index in [0.29, 0.717) is 16.8 Å². The summed E-state index contributed by atoms with van der Waals surface area (Å²) in [5, 5.41) is 9.70. The highest BCUT2D eigenvalue weighted by atomic mass is 32.2. The van der Waals surface area contributed by atoms with Crippen LogP contribution < -0.4 is 10.5 Å². The van der Waals surface area contributed by atoms with Gasteiger partial charge in [-0.3, -0.25) is 0 Å². The molecule has 0 saturated carbocycles. The van der Waals surface area contributed by atoms with Crippen molar-refractivity contribution >= 4 is 15.7 Å². The van der Waals surface area contributed by atoms with Crippen molar-refractivity contribution in [1.82, 2.24) is 4.72 Å². The van der Waals surface area contributed by atoms with Gasteiger partial charge in [0.15, 0.2) is 0 Å².